The van der Waals surface area contributed by atoms with Crippen molar-refractivity contribution in [3.63, 3.8) is 0 Å². The van der Waals surface area contributed by atoms with Crippen LogP contribution in [0.3, 0.4) is 0 Å². The van der Waals surface area contributed by atoms with Crippen LogP contribution in [0.15, 0.2) is 24.4 Å². The number of aromatic nitrogens is 2. The van der Waals surface area contributed by atoms with Gasteiger partial charge in [0.25, 0.3) is 0 Å². The quantitative estimate of drug-likeness (QED) is 0.666. The third-order valence-electron chi connectivity index (χ3n) is 2.17. The van der Waals surface area contributed by atoms with E-state index >= 15 is 0 Å². The highest BCUT2D eigenvalue weighted by molar-refractivity contribution is 6.33. The Morgan fingerprint density at radius 1 is 1.44 bits per heavy atom. The van der Waals surface area contributed by atoms with Crippen LogP contribution in [-0.4, -0.2) is 14.9 Å². The highest BCUT2D eigenvalue weighted by Gasteiger charge is 2.20. The standard InChI is InChI=1S/C10H6ClFN4O2/c11-7-3-5(12)1-2-6(7)9-8(16(17)18)4-14-10(13)15-9/h1-4H,(H2,13,14,15). The largest absolute Gasteiger partial charge is 0.368 e. The van der Waals surface area contributed by atoms with Gasteiger partial charge in [-0.25, -0.2) is 14.4 Å². The molecule has 2 N–H and O–H groups in total. The summed E-state index contributed by atoms with van der Waals surface area (Å²) in [5.74, 6) is -0.676. The zero-order valence-corrected chi connectivity index (χ0v) is 9.56. The molecule has 0 atom stereocenters. The SMILES string of the molecule is Nc1ncc([N+](=O)[O-])c(-c2ccc(F)cc2Cl)n1. The predicted molar refractivity (Wildman–Crippen MR) is 63.5 cm³/mol. The highest BCUT2D eigenvalue weighted by Crippen LogP contribution is 2.33. The lowest BCUT2D eigenvalue weighted by Gasteiger charge is -2.05. The van der Waals surface area contributed by atoms with Gasteiger partial charge in [0.05, 0.1) is 9.95 Å². The fourth-order valence-corrected chi connectivity index (χ4v) is 1.66. The number of nitrogens with zero attached hydrogens (tertiary/aromatic N) is 3. The van der Waals surface area contributed by atoms with Crippen LogP contribution >= 0.6 is 11.6 Å². The van der Waals surface area contributed by atoms with Crippen molar-refractivity contribution in [2.45, 2.75) is 0 Å². The molecular formula is C10H6ClFN4O2. The van der Waals surface area contributed by atoms with Gasteiger partial charge in [0, 0.05) is 5.56 Å². The summed E-state index contributed by atoms with van der Waals surface area (Å²) in [6.07, 6.45) is 0.983. The Morgan fingerprint density at radius 2 is 2.17 bits per heavy atom. The van der Waals surface area contributed by atoms with Crippen molar-refractivity contribution < 1.29 is 9.31 Å². The van der Waals surface area contributed by atoms with Crippen LogP contribution in [-0.2, 0) is 0 Å². The zero-order valence-electron chi connectivity index (χ0n) is 8.80. The Balaban J connectivity index is 2.69. The van der Waals surface area contributed by atoms with Gasteiger partial charge in [0.15, 0.2) is 5.69 Å². The molecule has 0 spiro atoms. The van der Waals surface area contributed by atoms with Crippen molar-refractivity contribution in [2.24, 2.45) is 0 Å². The Hall–Kier alpha value is -2.28. The van der Waals surface area contributed by atoms with Gasteiger partial charge < -0.3 is 5.73 Å². The summed E-state index contributed by atoms with van der Waals surface area (Å²) in [7, 11) is 0. The van der Waals surface area contributed by atoms with E-state index in [1.165, 1.54) is 6.07 Å². The van der Waals surface area contributed by atoms with Crippen LogP contribution in [0.4, 0.5) is 16.0 Å². The molecule has 1 heterocycles. The van der Waals surface area contributed by atoms with Crippen molar-refractivity contribution in [1.82, 2.24) is 9.97 Å². The zero-order chi connectivity index (χ0) is 13.3. The van der Waals surface area contributed by atoms with Gasteiger partial charge in [-0.3, -0.25) is 10.1 Å². The average Bonchev–Trinajstić information content (AvgIpc) is 2.28. The van der Waals surface area contributed by atoms with Crippen molar-refractivity contribution in [2.75, 3.05) is 5.73 Å². The maximum atomic E-state index is 12.9. The van der Waals surface area contributed by atoms with Crippen molar-refractivity contribution in [3.8, 4) is 11.3 Å². The Kier molecular flexibility index (Phi) is 3.07. The van der Waals surface area contributed by atoms with Gasteiger partial charge >= 0.3 is 5.69 Å². The molecule has 1 aromatic heterocycles. The summed E-state index contributed by atoms with van der Waals surface area (Å²) in [5, 5.41) is 10.9. The molecule has 18 heavy (non-hydrogen) atoms. The van der Waals surface area contributed by atoms with Crippen LogP contribution in [0.25, 0.3) is 11.3 Å². The fourth-order valence-electron chi connectivity index (χ4n) is 1.40. The first kappa shape index (κ1) is 12.2. The number of hydrogen-bond donors (Lipinski definition) is 1. The lowest BCUT2D eigenvalue weighted by molar-refractivity contribution is -0.384. The second kappa shape index (κ2) is 4.53. The molecule has 0 aliphatic carbocycles. The van der Waals surface area contributed by atoms with E-state index in [1.54, 1.807) is 0 Å². The van der Waals surface area contributed by atoms with Crippen molar-refractivity contribution >= 4 is 23.2 Å². The maximum absolute atomic E-state index is 12.9. The van der Waals surface area contributed by atoms with Gasteiger partial charge in [-0.1, -0.05) is 11.6 Å². The molecule has 2 rings (SSSR count). The summed E-state index contributed by atoms with van der Waals surface area (Å²) in [6.45, 7) is 0. The number of rotatable bonds is 2. The van der Waals surface area contributed by atoms with Gasteiger partial charge in [0.2, 0.25) is 5.95 Å². The Bertz CT molecular complexity index is 635. The molecule has 8 heteroatoms. The molecule has 0 saturated carbocycles. The highest BCUT2D eigenvalue weighted by atomic mass is 35.5. The predicted octanol–water partition coefficient (Wildman–Crippen LogP) is 2.43. The lowest BCUT2D eigenvalue weighted by Crippen LogP contribution is -2.01. The molecule has 2 aromatic rings. The molecule has 0 amide bonds. The second-order valence-corrected chi connectivity index (χ2v) is 3.75. The van der Waals surface area contributed by atoms with E-state index in [0.29, 0.717) is 0 Å². The molecule has 0 radical (unpaired) electrons. The van der Waals surface area contributed by atoms with E-state index in [0.717, 1.165) is 18.3 Å². The Morgan fingerprint density at radius 3 is 2.78 bits per heavy atom. The average molecular weight is 269 g/mol. The molecule has 0 bridgehead atoms. The van der Waals surface area contributed by atoms with E-state index in [2.05, 4.69) is 9.97 Å². The molecule has 1 aromatic carbocycles. The van der Waals surface area contributed by atoms with E-state index < -0.39 is 10.7 Å². The minimum absolute atomic E-state index is 0.0104. The van der Waals surface area contributed by atoms with Crippen LogP contribution < -0.4 is 5.73 Å². The first-order valence-electron chi connectivity index (χ1n) is 4.71. The van der Waals surface area contributed by atoms with Crippen molar-refractivity contribution in [3.05, 3.63) is 45.4 Å². The lowest BCUT2D eigenvalue weighted by atomic mass is 10.1. The van der Waals surface area contributed by atoms with E-state index in [9.17, 15) is 14.5 Å². The Labute approximate surface area is 105 Å². The molecular weight excluding hydrogens is 263 g/mol. The van der Waals surface area contributed by atoms with Gasteiger partial charge in [0.1, 0.15) is 12.0 Å². The number of nitro groups is 1. The summed E-state index contributed by atoms with van der Waals surface area (Å²) < 4.78 is 12.9. The number of nitrogens with two attached hydrogens (primary N) is 1. The number of hydrogen-bond acceptors (Lipinski definition) is 5. The smallest absolute Gasteiger partial charge is 0.313 e. The first-order chi connectivity index (χ1) is 8.49. The summed E-state index contributed by atoms with van der Waals surface area (Å²) in [6, 6.07) is 3.47. The number of benzene rings is 1. The third-order valence-corrected chi connectivity index (χ3v) is 2.48. The normalized spacial score (nSPS) is 10.3. The van der Waals surface area contributed by atoms with Crippen LogP contribution in [0, 0.1) is 15.9 Å². The first-order valence-corrected chi connectivity index (χ1v) is 5.09. The van der Waals surface area contributed by atoms with E-state index in [-0.39, 0.29) is 27.9 Å². The van der Waals surface area contributed by atoms with Crippen LogP contribution in [0.5, 0.6) is 0 Å². The molecule has 92 valence electrons. The van der Waals surface area contributed by atoms with Crippen LogP contribution in [0.1, 0.15) is 0 Å². The molecule has 0 saturated heterocycles. The van der Waals surface area contributed by atoms with E-state index in [4.69, 9.17) is 17.3 Å². The van der Waals surface area contributed by atoms with Gasteiger partial charge in [-0.15, -0.1) is 0 Å². The molecule has 0 fully saturated rings. The summed E-state index contributed by atoms with van der Waals surface area (Å²) in [4.78, 5) is 17.5. The number of nitrogen functional groups attached to an aromatic ring is 1. The monoisotopic (exact) mass is 268 g/mol. The van der Waals surface area contributed by atoms with Gasteiger partial charge in [-0.05, 0) is 18.2 Å². The topological polar surface area (TPSA) is 94.9 Å². The molecule has 6 nitrogen and oxygen atoms in total. The van der Waals surface area contributed by atoms with E-state index in [1.807, 2.05) is 0 Å². The summed E-state index contributed by atoms with van der Waals surface area (Å²) in [5.41, 5.74) is 5.21. The molecule has 0 aliphatic heterocycles. The molecule has 0 aliphatic rings. The number of anilines is 1. The minimum Gasteiger partial charge on any atom is -0.368 e. The van der Waals surface area contributed by atoms with Gasteiger partial charge in [-0.2, -0.15) is 0 Å². The van der Waals surface area contributed by atoms with Crippen LogP contribution in [0.2, 0.25) is 5.02 Å². The summed E-state index contributed by atoms with van der Waals surface area (Å²) >= 11 is 5.83. The van der Waals surface area contributed by atoms with Crippen molar-refractivity contribution in [1.29, 1.82) is 0 Å². The maximum Gasteiger partial charge on any atom is 0.313 e. The number of halogens is 2. The third kappa shape index (κ3) is 2.21. The minimum atomic E-state index is -0.658. The fraction of sp³-hybridized carbons (Fsp3) is 0. The second-order valence-electron chi connectivity index (χ2n) is 3.34. The molecule has 0 unspecified atom stereocenters.